The van der Waals surface area contributed by atoms with Crippen LogP contribution in [0.4, 0.5) is 14.9 Å². The molecule has 1 aliphatic heterocycles. The van der Waals surface area contributed by atoms with Gasteiger partial charge in [0.15, 0.2) is 5.78 Å². The minimum Gasteiger partial charge on any atom is -0.326 e. The summed E-state index contributed by atoms with van der Waals surface area (Å²) in [6.07, 6.45) is 0.805. The SMILES string of the molecule is N#Cc1ccc([C@H]2NC(=O)N(c3cccc(CF)c3)C3=C2C(=O)CC3)cc1. The molecule has 1 aliphatic carbocycles. The third-order valence-corrected chi connectivity index (χ3v) is 4.93. The normalized spacial score (nSPS) is 19.0. The monoisotopic (exact) mass is 361 g/mol. The fourth-order valence-electron chi connectivity index (χ4n) is 3.66. The number of alkyl halides is 1. The third-order valence-electron chi connectivity index (χ3n) is 4.93. The Morgan fingerprint density at radius 1 is 1.15 bits per heavy atom. The van der Waals surface area contributed by atoms with Gasteiger partial charge in [-0.25, -0.2) is 9.18 Å². The first kappa shape index (κ1) is 17.0. The van der Waals surface area contributed by atoms with Crippen molar-refractivity contribution in [3.8, 4) is 6.07 Å². The van der Waals surface area contributed by atoms with Crippen LogP contribution in [0, 0.1) is 11.3 Å². The fourth-order valence-corrected chi connectivity index (χ4v) is 3.66. The Morgan fingerprint density at radius 2 is 1.93 bits per heavy atom. The summed E-state index contributed by atoms with van der Waals surface area (Å²) in [5, 5.41) is 11.8. The number of hydrogen-bond acceptors (Lipinski definition) is 3. The number of halogens is 1. The summed E-state index contributed by atoms with van der Waals surface area (Å²) in [5.74, 6) is -0.00833. The lowest BCUT2D eigenvalue weighted by atomic mass is 9.94. The molecule has 0 saturated carbocycles. The van der Waals surface area contributed by atoms with Gasteiger partial charge in [-0.15, -0.1) is 0 Å². The van der Waals surface area contributed by atoms with E-state index in [2.05, 4.69) is 11.4 Å². The Morgan fingerprint density at radius 3 is 2.63 bits per heavy atom. The zero-order valence-corrected chi connectivity index (χ0v) is 14.4. The Kier molecular flexibility index (Phi) is 4.21. The van der Waals surface area contributed by atoms with Crippen molar-refractivity contribution >= 4 is 17.5 Å². The first-order valence-corrected chi connectivity index (χ1v) is 8.64. The molecule has 2 aliphatic rings. The molecule has 0 saturated heterocycles. The van der Waals surface area contributed by atoms with Crippen LogP contribution >= 0.6 is 0 Å². The smallest absolute Gasteiger partial charge is 0.326 e. The Hall–Kier alpha value is -3.46. The number of benzene rings is 2. The van der Waals surface area contributed by atoms with Crippen molar-refractivity contribution in [2.45, 2.75) is 25.6 Å². The molecule has 2 aromatic carbocycles. The highest BCUT2D eigenvalue weighted by Crippen LogP contribution is 2.40. The van der Waals surface area contributed by atoms with Crippen molar-refractivity contribution in [1.29, 1.82) is 5.26 Å². The second-order valence-corrected chi connectivity index (χ2v) is 6.54. The number of ketones is 1. The second-order valence-electron chi connectivity index (χ2n) is 6.54. The van der Waals surface area contributed by atoms with Crippen LogP contribution in [0.3, 0.4) is 0 Å². The molecule has 2 aromatic rings. The first-order chi connectivity index (χ1) is 13.1. The molecule has 27 heavy (non-hydrogen) atoms. The number of nitrogens with one attached hydrogen (secondary N) is 1. The number of nitrogens with zero attached hydrogens (tertiary/aromatic N) is 2. The van der Waals surface area contributed by atoms with Crippen LogP contribution in [0.25, 0.3) is 0 Å². The predicted octanol–water partition coefficient (Wildman–Crippen LogP) is 3.92. The molecule has 1 heterocycles. The van der Waals surface area contributed by atoms with Crippen molar-refractivity contribution in [3.05, 3.63) is 76.5 Å². The minimum atomic E-state index is -0.623. The summed E-state index contributed by atoms with van der Waals surface area (Å²) in [7, 11) is 0. The quantitative estimate of drug-likeness (QED) is 0.901. The molecular weight excluding hydrogens is 345 g/mol. The number of Topliss-reactive ketones (excluding diaryl/α,β-unsaturated/α-hetero) is 1. The Bertz CT molecular complexity index is 1000. The summed E-state index contributed by atoms with van der Waals surface area (Å²) in [6.45, 7) is -0.623. The van der Waals surface area contributed by atoms with Crippen LogP contribution in [0.5, 0.6) is 0 Å². The van der Waals surface area contributed by atoms with Crippen molar-refractivity contribution in [2.75, 3.05) is 4.90 Å². The number of rotatable bonds is 3. The van der Waals surface area contributed by atoms with Gasteiger partial charge in [-0.1, -0.05) is 24.3 Å². The molecule has 0 aromatic heterocycles. The fraction of sp³-hybridized carbons (Fsp3) is 0.190. The zero-order chi connectivity index (χ0) is 19.0. The number of anilines is 1. The van der Waals surface area contributed by atoms with Gasteiger partial charge in [0.1, 0.15) is 6.67 Å². The van der Waals surface area contributed by atoms with Gasteiger partial charge in [0.25, 0.3) is 0 Å². The maximum atomic E-state index is 13.0. The van der Waals surface area contributed by atoms with Crippen molar-refractivity contribution in [3.63, 3.8) is 0 Å². The van der Waals surface area contributed by atoms with Crippen molar-refractivity contribution in [1.82, 2.24) is 5.32 Å². The summed E-state index contributed by atoms with van der Waals surface area (Å²) < 4.78 is 13.0. The molecule has 134 valence electrons. The molecular formula is C21H16FN3O2. The topological polar surface area (TPSA) is 73.2 Å². The van der Waals surface area contributed by atoms with Crippen LogP contribution in [0.2, 0.25) is 0 Å². The molecule has 0 fully saturated rings. The highest BCUT2D eigenvalue weighted by atomic mass is 19.1. The Balaban J connectivity index is 1.80. The van der Waals surface area contributed by atoms with Crippen LogP contribution in [-0.4, -0.2) is 11.8 Å². The number of amides is 2. The number of allylic oxidation sites excluding steroid dienone is 1. The van der Waals surface area contributed by atoms with Gasteiger partial charge >= 0.3 is 6.03 Å². The average Bonchev–Trinajstić information content (AvgIpc) is 3.09. The number of nitriles is 1. The van der Waals surface area contributed by atoms with Crippen molar-refractivity contribution < 1.29 is 14.0 Å². The highest BCUT2D eigenvalue weighted by Gasteiger charge is 2.41. The zero-order valence-electron chi connectivity index (χ0n) is 14.4. The van der Waals surface area contributed by atoms with E-state index >= 15 is 0 Å². The van der Waals surface area contributed by atoms with Gasteiger partial charge in [0, 0.05) is 17.7 Å². The van der Waals surface area contributed by atoms with Crippen LogP contribution in [-0.2, 0) is 11.5 Å². The molecule has 0 radical (unpaired) electrons. The van der Waals surface area contributed by atoms with E-state index in [1.165, 1.54) is 4.90 Å². The van der Waals surface area contributed by atoms with Gasteiger partial charge in [0.2, 0.25) is 0 Å². The Labute approximate surface area is 155 Å². The van der Waals surface area contributed by atoms with Crippen LogP contribution in [0.15, 0.2) is 59.8 Å². The number of hydrogen-bond donors (Lipinski definition) is 1. The lowest BCUT2D eigenvalue weighted by molar-refractivity contribution is -0.115. The molecule has 1 atom stereocenters. The molecule has 0 spiro atoms. The molecule has 0 bridgehead atoms. The highest BCUT2D eigenvalue weighted by molar-refractivity contribution is 6.08. The summed E-state index contributed by atoms with van der Waals surface area (Å²) in [5.41, 5.74) is 3.50. The van der Waals surface area contributed by atoms with Crippen molar-refractivity contribution in [2.24, 2.45) is 0 Å². The third kappa shape index (κ3) is 2.87. The van der Waals surface area contributed by atoms with Crippen LogP contribution in [0.1, 0.15) is 35.6 Å². The minimum absolute atomic E-state index is 0.00833. The largest absolute Gasteiger partial charge is 0.327 e. The van der Waals surface area contributed by atoms with E-state index in [9.17, 15) is 14.0 Å². The van der Waals surface area contributed by atoms with E-state index in [0.717, 1.165) is 5.56 Å². The number of urea groups is 1. The average molecular weight is 361 g/mol. The predicted molar refractivity (Wildman–Crippen MR) is 97.4 cm³/mol. The summed E-state index contributed by atoms with van der Waals surface area (Å²) in [6, 6.07) is 14.7. The first-order valence-electron chi connectivity index (χ1n) is 8.64. The molecule has 2 amide bonds. The lowest BCUT2D eigenvalue weighted by Gasteiger charge is -2.34. The van der Waals surface area contributed by atoms with Gasteiger partial charge in [-0.2, -0.15) is 5.26 Å². The maximum absolute atomic E-state index is 13.0. The van der Waals surface area contributed by atoms with Crippen LogP contribution < -0.4 is 10.2 Å². The van der Waals surface area contributed by atoms with E-state index in [0.29, 0.717) is 40.9 Å². The molecule has 6 heteroatoms. The van der Waals surface area contributed by atoms with Gasteiger partial charge < -0.3 is 5.32 Å². The summed E-state index contributed by atoms with van der Waals surface area (Å²) >= 11 is 0. The molecule has 0 unspecified atom stereocenters. The van der Waals surface area contributed by atoms with E-state index < -0.39 is 12.7 Å². The molecule has 1 N–H and O–H groups in total. The number of carbonyl (C=O) groups excluding carboxylic acids is 2. The lowest BCUT2D eigenvalue weighted by Crippen LogP contribution is -2.47. The van der Waals surface area contributed by atoms with E-state index in [-0.39, 0.29) is 11.8 Å². The number of carbonyl (C=O) groups is 2. The maximum Gasteiger partial charge on any atom is 0.327 e. The summed E-state index contributed by atoms with van der Waals surface area (Å²) in [4.78, 5) is 26.9. The standard InChI is InChI=1S/C21H16FN3O2/c22-11-14-2-1-3-16(10-14)25-17-8-9-18(26)19(17)20(24-21(25)27)15-6-4-13(12-23)5-7-15/h1-7,10,20H,8-9,11H2,(H,24,27)/t20-/m1/s1. The van der Waals surface area contributed by atoms with E-state index in [4.69, 9.17) is 5.26 Å². The van der Waals surface area contributed by atoms with Gasteiger partial charge in [-0.05, 0) is 41.8 Å². The van der Waals surface area contributed by atoms with Gasteiger partial charge in [-0.3, -0.25) is 9.69 Å². The molecule has 5 nitrogen and oxygen atoms in total. The van der Waals surface area contributed by atoms with E-state index in [1.54, 1.807) is 48.5 Å². The van der Waals surface area contributed by atoms with E-state index in [1.807, 2.05) is 0 Å². The second kappa shape index (κ2) is 6.69. The van der Waals surface area contributed by atoms with Gasteiger partial charge in [0.05, 0.1) is 23.4 Å². The molecule has 4 rings (SSSR count).